The highest BCUT2D eigenvalue weighted by Gasteiger charge is 2.46. The van der Waals surface area contributed by atoms with E-state index in [0.29, 0.717) is 49.3 Å². The number of nitrogens with zero attached hydrogens (tertiary/aromatic N) is 5. The quantitative estimate of drug-likeness (QED) is 0.351. The zero-order valence-electron chi connectivity index (χ0n) is 21.9. The third kappa shape index (κ3) is 4.77. The lowest BCUT2D eigenvalue weighted by Gasteiger charge is -2.31. The Labute approximate surface area is 231 Å². The average Bonchev–Trinajstić information content (AvgIpc) is 3.84. The Morgan fingerprint density at radius 2 is 2.02 bits per heavy atom. The maximum absolute atomic E-state index is 13.2. The van der Waals surface area contributed by atoms with Crippen molar-refractivity contribution >= 4 is 33.0 Å². The van der Waals surface area contributed by atoms with E-state index in [-0.39, 0.29) is 28.3 Å². The molecule has 1 aliphatic heterocycles. The molecule has 0 spiro atoms. The van der Waals surface area contributed by atoms with Crippen LogP contribution in [0, 0.1) is 12.8 Å². The fraction of sp³-hybridized carbons (Fsp3) is 0.357. The van der Waals surface area contributed by atoms with Crippen molar-refractivity contribution < 1.29 is 17.9 Å². The number of aryl methyl sites for hydroxylation is 1. The van der Waals surface area contributed by atoms with Crippen LogP contribution in [0.15, 0.2) is 53.8 Å². The number of amides is 1. The first-order valence-corrected chi connectivity index (χ1v) is 14.9. The highest BCUT2D eigenvalue weighted by Crippen LogP contribution is 2.47. The lowest BCUT2D eigenvalue weighted by Crippen LogP contribution is -2.33. The third-order valence-electron chi connectivity index (χ3n) is 7.78. The second-order valence-electron chi connectivity index (χ2n) is 10.9. The zero-order valence-corrected chi connectivity index (χ0v) is 22.8. The van der Waals surface area contributed by atoms with Gasteiger partial charge >= 0.3 is 0 Å². The first kappa shape index (κ1) is 25.0. The Morgan fingerprint density at radius 3 is 2.80 bits per heavy atom. The van der Waals surface area contributed by atoms with E-state index in [1.54, 1.807) is 18.3 Å². The molecule has 3 aromatic heterocycles. The molecule has 4 aromatic rings. The Morgan fingerprint density at radius 1 is 1.18 bits per heavy atom. The number of nitrogens with two attached hydrogens (primary N) is 1. The number of carbonyl (C=O) groups excluding carboxylic acids is 1. The van der Waals surface area contributed by atoms with E-state index in [1.807, 2.05) is 19.2 Å². The van der Waals surface area contributed by atoms with Crippen LogP contribution in [0.3, 0.4) is 0 Å². The molecule has 7 rings (SSSR count). The number of benzene rings is 1. The van der Waals surface area contributed by atoms with Gasteiger partial charge in [-0.2, -0.15) is 0 Å². The van der Waals surface area contributed by atoms with Gasteiger partial charge in [0.15, 0.2) is 0 Å². The maximum Gasteiger partial charge on any atom is 0.240 e. The van der Waals surface area contributed by atoms with Gasteiger partial charge in [-0.1, -0.05) is 6.07 Å². The number of rotatable bonds is 7. The summed E-state index contributed by atoms with van der Waals surface area (Å²) in [5, 5.41) is 8.37. The molecule has 1 aromatic carbocycles. The maximum atomic E-state index is 13.2. The molecule has 4 heterocycles. The van der Waals surface area contributed by atoms with Gasteiger partial charge in [0.1, 0.15) is 28.7 Å². The largest absolute Gasteiger partial charge is 0.490 e. The summed E-state index contributed by atoms with van der Waals surface area (Å²) in [5.41, 5.74) is 4.70. The van der Waals surface area contributed by atoms with Crippen molar-refractivity contribution in [2.75, 3.05) is 23.4 Å². The second kappa shape index (κ2) is 9.27. The molecular formula is C28H29N7O4S. The van der Waals surface area contributed by atoms with Gasteiger partial charge in [-0.3, -0.25) is 4.79 Å². The van der Waals surface area contributed by atoms with Gasteiger partial charge in [-0.15, -0.1) is 0 Å². The highest BCUT2D eigenvalue weighted by atomic mass is 32.2. The van der Waals surface area contributed by atoms with Crippen LogP contribution in [0.1, 0.15) is 53.9 Å². The molecule has 2 fully saturated rings. The predicted octanol–water partition coefficient (Wildman–Crippen LogP) is 3.10. The number of fused-ring (bicyclic) bond motifs is 2. The minimum Gasteiger partial charge on any atom is -0.490 e. The van der Waals surface area contributed by atoms with E-state index < -0.39 is 10.0 Å². The Hall–Kier alpha value is -4.03. The molecule has 206 valence electrons. The number of hydrogen-bond donors (Lipinski definition) is 2. The standard InChI is InChI=1S/C28H29N7O4S/c1-16-6-7-30-27(31-16)20-10-21(20)28(36)33-22-11-23-24(12-25(22)40(29,37)38)39-9-8-34(23)14-19-15-35-13-18(17-2-3-17)4-5-26(35)32-19/h4-7,11-13,15,17,20-21H,2-3,8-10,14H2,1H3,(H,33,36)(H2,29,37,38). The van der Waals surface area contributed by atoms with Crippen LogP contribution in [0.25, 0.3) is 5.65 Å². The molecule has 2 saturated carbocycles. The number of imidazole rings is 1. The van der Waals surface area contributed by atoms with Crippen molar-refractivity contribution in [2.45, 2.75) is 49.5 Å². The molecule has 3 N–H and O–H groups in total. The van der Waals surface area contributed by atoms with E-state index in [0.717, 1.165) is 17.0 Å². The minimum absolute atomic E-state index is 0.106. The van der Waals surface area contributed by atoms with Gasteiger partial charge in [0.25, 0.3) is 0 Å². The number of aromatic nitrogens is 4. The summed E-state index contributed by atoms with van der Waals surface area (Å²) in [5.74, 6) is 0.912. The molecule has 1 amide bonds. The number of nitrogens with one attached hydrogen (secondary N) is 1. The van der Waals surface area contributed by atoms with Crippen LogP contribution in [0.4, 0.5) is 11.4 Å². The molecule has 3 aliphatic rings. The van der Waals surface area contributed by atoms with Crippen molar-refractivity contribution in [2.24, 2.45) is 11.1 Å². The Kier molecular flexibility index (Phi) is 5.79. The summed E-state index contributed by atoms with van der Waals surface area (Å²) in [7, 11) is -4.14. The van der Waals surface area contributed by atoms with Gasteiger partial charge in [0.2, 0.25) is 15.9 Å². The molecule has 11 nitrogen and oxygen atoms in total. The van der Waals surface area contributed by atoms with Crippen LogP contribution in [0.5, 0.6) is 5.75 Å². The normalized spacial score (nSPS) is 20.2. The second-order valence-corrected chi connectivity index (χ2v) is 12.4. The van der Waals surface area contributed by atoms with E-state index >= 15 is 0 Å². The molecule has 12 heteroatoms. The lowest BCUT2D eigenvalue weighted by molar-refractivity contribution is -0.117. The van der Waals surface area contributed by atoms with Crippen LogP contribution >= 0.6 is 0 Å². The smallest absolute Gasteiger partial charge is 0.240 e. The van der Waals surface area contributed by atoms with Crippen molar-refractivity contribution in [3.05, 3.63) is 71.7 Å². The van der Waals surface area contributed by atoms with E-state index in [4.69, 9.17) is 14.9 Å². The zero-order chi connectivity index (χ0) is 27.6. The van der Waals surface area contributed by atoms with Crippen LogP contribution in [0.2, 0.25) is 0 Å². The molecule has 2 atom stereocenters. The van der Waals surface area contributed by atoms with E-state index in [1.165, 1.54) is 24.5 Å². The average molecular weight is 560 g/mol. The third-order valence-corrected chi connectivity index (χ3v) is 8.73. The Balaban J connectivity index is 1.16. The van der Waals surface area contributed by atoms with E-state index in [2.05, 4.69) is 36.8 Å². The van der Waals surface area contributed by atoms with Crippen molar-refractivity contribution in [1.29, 1.82) is 0 Å². The summed E-state index contributed by atoms with van der Waals surface area (Å²) < 4.78 is 32.9. The van der Waals surface area contributed by atoms with Crippen LogP contribution < -0.4 is 20.1 Å². The van der Waals surface area contributed by atoms with Gasteiger partial charge in [0, 0.05) is 42.2 Å². The summed E-state index contributed by atoms with van der Waals surface area (Å²) in [6.45, 7) is 3.32. The predicted molar refractivity (Wildman–Crippen MR) is 148 cm³/mol. The molecule has 0 bridgehead atoms. The van der Waals surface area contributed by atoms with Crippen molar-refractivity contribution in [3.63, 3.8) is 0 Å². The number of carbonyl (C=O) groups is 1. The van der Waals surface area contributed by atoms with Crippen molar-refractivity contribution in [3.8, 4) is 5.75 Å². The molecular weight excluding hydrogens is 530 g/mol. The fourth-order valence-corrected chi connectivity index (χ4v) is 6.12. The van der Waals surface area contributed by atoms with Gasteiger partial charge in [-0.05, 0) is 55.9 Å². The number of anilines is 2. The molecule has 0 saturated heterocycles. The van der Waals surface area contributed by atoms with Crippen LogP contribution in [-0.2, 0) is 21.4 Å². The first-order valence-electron chi connectivity index (χ1n) is 13.4. The molecule has 2 aliphatic carbocycles. The summed E-state index contributed by atoms with van der Waals surface area (Å²) in [4.78, 5) is 28.6. The SMILES string of the molecule is Cc1ccnc(C2CC2C(=O)Nc2cc3c(cc2S(N)(=O)=O)OCCN3Cc2cn3cc(C4CC4)ccc3n2)n1. The molecule has 40 heavy (non-hydrogen) atoms. The topological polar surface area (TPSA) is 145 Å². The Bertz CT molecular complexity index is 1770. The monoisotopic (exact) mass is 559 g/mol. The van der Waals surface area contributed by atoms with Crippen molar-refractivity contribution in [1.82, 2.24) is 19.4 Å². The minimum atomic E-state index is -4.14. The highest BCUT2D eigenvalue weighted by molar-refractivity contribution is 7.89. The van der Waals surface area contributed by atoms with E-state index in [9.17, 15) is 13.2 Å². The number of primary sulfonamides is 1. The molecule has 0 radical (unpaired) electrons. The summed E-state index contributed by atoms with van der Waals surface area (Å²) >= 11 is 0. The summed E-state index contributed by atoms with van der Waals surface area (Å²) in [6.07, 6.45) is 8.91. The number of hydrogen-bond acceptors (Lipinski definition) is 8. The van der Waals surface area contributed by atoms with Gasteiger partial charge in [-0.25, -0.2) is 28.5 Å². The van der Waals surface area contributed by atoms with Gasteiger partial charge < -0.3 is 19.4 Å². The van der Waals surface area contributed by atoms with Crippen LogP contribution in [-0.4, -0.2) is 46.8 Å². The lowest BCUT2D eigenvalue weighted by atomic mass is 10.2. The molecule has 2 unspecified atom stereocenters. The number of ether oxygens (including phenoxy) is 1. The fourth-order valence-electron chi connectivity index (χ4n) is 5.43. The summed E-state index contributed by atoms with van der Waals surface area (Å²) in [6, 6.07) is 9.02. The number of pyridine rings is 1. The van der Waals surface area contributed by atoms with Gasteiger partial charge in [0.05, 0.1) is 30.2 Å². The number of sulfonamides is 1. The first-order chi connectivity index (χ1) is 19.2.